The lowest BCUT2D eigenvalue weighted by Gasteiger charge is -2.10. The highest BCUT2D eigenvalue weighted by molar-refractivity contribution is 6.30. The molecule has 4 heteroatoms. The zero-order chi connectivity index (χ0) is 10.1. The minimum Gasteiger partial charge on any atom is -0.488 e. The van der Waals surface area contributed by atoms with Gasteiger partial charge in [-0.05, 0) is 19.1 Å². The number of carbonyl (C=O) groups excluding carboxylic acids is 1. The van der Waals surface area contributed by atoms with Gasteiger partial charge in [0.2, 0.25) is 5.91 Å². The minimum atomic E-state index is -0.116. The Morgan fingerprint density at radius 2 is 2.36 bits per heavy atom. The van der Waals surface area contributed by atoms with Gasteiger partial charge in [0, 0.05) is 11.1 Å². The molecular weight excluding hydrogens is 202 g/mol. The Bertz CT molecular complexity index is 378. The van der Waals surface area contributed by atoms with E-state index in [1.165, 1.54) is 0 Å². The second-order valence-electron chi connectivity index (χ2n) is 3.32. The average Bonchev–Trinajstić information content (AvgIpc) is 2.21. The van der Waals surface area contributed by atoms with Gasteiger partial charge in [0.25, 0.3) is 0 Å². The lowest BCUT2D eigenvalue weighted by molar-refractivity contribution is -0.117. The topological polar surface area (TPSA) is 38.3 Å². The maximum absolute atomic E-state index is 11.3. The first-order valence-electron chi connectivity index (χ1n) is 4.41. The van der Waals surface area contributed by atoms with Crippen molar-refractivity contribution >= 4 is 23.2 Å². The summed E-state index contributed by atoms with van der Waals surface area (Å²) in [5.41, 5.74) is 0.684. The maximum Gasteiger partial charge on any atom is 0.228 e. The van der Waals surface area contributed by atoms with Gasteiger partial charge in [0.1, 0.15) is 11.9 Å². The second-order valence-corrected chi connectivity index (χ2v) is 3.76. The van der Waals surface area contributed by atoms with E-state index in [2.05, 4.69) is 5.32 Å². The molecular formula is C10H10ClNO2. The summed E-state index contributed by atoms with van der Waals surface area (Å²) in [6, 6.07) is 5.17. The first-order valence-corrected chi connectivity index (χ1v) is 4.79. The first-order chi connectivity index (χ1) is 6.65. The predicted octanol–water partition coefficient (Wildman–Crippen LogP) is 2.45. The third-order valence-corrected chi connectivity index (χ3v) is 2.25. The number of hydrogen-bond acceptors (Lipinski definition) is 2. The molecule has 1 amide bonds. The lowest BCUT2D eigenvalue weighted by Crippen LogP contribution is -2.17. The molecule has 0 bridgehead atoms. The van der Waals surface area contributed by atoms with Crippen molar-refractivity contribution in [3.8, 4) is 5.75 Å². The van der Waals surface area contributed by atoms with Crippen LogP contribution in [0.25, 0.3) is 0 Å². The molecule has 0 radical (unpaired) electrons. The van der Waals surface area contributed by atoms with Crippen LogP contribution < -0.4 is 10.1 Å². The molecule has 0 saturated carbocycles. The van der Waals surface area contributed by atoms with Crippen molar-refractivity contribution in [1.82, 2.24) is 0 Å². The Morgan fingerprint density at radius 1 is 1.57 bits per heavy atom. The third-order valence-electron chi connectivity index (χ3n) is 2.02. The number of halogens is 1. The Morgan fingerprint density at radius 3 is 3.14 bits per heavy atom. The molecule has 0 spiro atoms. The lowest BCUT2D eigenvalue weighted by atomic mass is 10.3. The van der Waals surface area contributed by atoms with Crippen LogP contribution in [0.4, 0.5) is 5.69 Å². The molecule has 0 unspecified atom stereocenters. The van der Waals surface area contributed by atoms with E-state index in [1.807, 2.05) is 6.92 Å². The summed E-state index contributed by atoms with van der Waals surface area (Å²) in [5.74, 6) is 0.606. The highest BCUT2D eigenvalue weighted by Gasteiger charge is 2.18. The van der Waals surface area contributed by atoms with Crippen molar-refractivity contribution in [2.75, 3.05) is 5.32 Å². The standard InChI is InChI=1S/C10H10ClNO2/c1-6-4-10(13)12-8-3-2-7(11)5-9(8)14-6/h2-3,5-6H,4H2,1H3,(H,12,13)/t6-/m0/s1. The van der Waals surface area contributed by atoms with Crippen LogP contribution in [-0.2, 0) is 4.79 Å². The fourth-order valence-electron chi connectivity index (χ4n) is 1.42. The number of ether oxygens (including phenoxy) is 1. The molecule has 1 atom stereocenters. The van der Waals surface area contributed by atoms with E-state index in [0.29, 0.717) is 22.9 Å². The molecule has 0 aromatic heterocycles. The number of fused-ring (bicyclic) bond motifs is 1. The molecule has 1 heterocycles. The van der Waals surface area contributed by atoms with Crippen LogP contribution in [0.1, 0.15) is 13.3 Å². The Kier molecular flexibility index (Phi) is 2.33. The van der Waals surface area contributed by atoms with Gasteiger partial charge < -0.3 is 10.1 Å². The molecule has 0 aliphatic carbocycles. The van der Waals surface area contributed by atoms with Gasteiger partial charge in [-0.1, -0.05) is 11.6 Å². The molecule has 1 aromatic rings. The van der Waals surface area contributed by atoms with Crippen LogP contribution in [0.15, 0.2) is 18.2 Å². The molecule has 74 valence electrons. The van der Waals surface area contributed by atoms with Crippen LogP contribution in [0.5, 0.6) is 5.75 Å². The predicted molar refractivity (Wildman–Crippen MR) is 54.8 cm³/mol. The van der Waals surface area contributed by atoms with Crippen molar-refractivity contribution in [2.45, 2.75) is 19.4 Å². The number of amides is 1. The van der Waals surface area contributed by atoms with Gasteiger partial charge >= 0.3 is 0 Å². The van der Waals surface area contributed by atoms with Gasteiger partial charge in [-0.25, -0.2) is 0 Å². The van der Waals surface area contributed by atoms with Crippen LogP contribution in [0.3, 0.4) is 0 Å². The van der Waals surface area contributed by atoms with E-state index in [4.69, 9.17) is 16.3 Å². The van der Waals surface area contributed by atoms with Crippen molar-refractivity contribution in [3.05, 3.63) is 23.2 Å². The SMILES string of the molecule is C[C@H]1CC(=O)Nc2ccc(Cl)cc2O1. The maximum atomic E-state index is 11.3. The van der Waals surface area contributed by atoms with Crippen LogP contribution in [0.2, 0.25) is 5.02 Å². The average molecular weight is 212 g/mol. The van der Waals surface area contributed by atoms with Crippen molar-refractivity contribution in [2.24, 2.45) is 0 Å². The fraction of sp³-hybridized carbons (Fsp3) is 0.300. The number of hydrogen-bond donors (Lipinski definition) is 1. The molecule has 1 aliphatic heterocycles. The zero-order valence-electron chi connectivity index (χ0n) is 7.71. The van der Waals surface area contributed by atoms with Gasteiger partial charge in [-0.15, -0.1) is 0 Å². The molecule has 14 heavy (non-hydrogen) atoms. The molecule has 1 aromatic carbocycles. The van der Waals surface area contributed by atoms with E-state index in [9.17, 15) is 4.79 Å². The molecule has 1 N–H and O–H groups in total. The summed E-state index contributed by atoms with van der Waals surface area (Å²) in [4.78, 5) is 11.3. The Balaban J connectivity index is 2.41. The number of carbonyl (C=O) groups is 1. The van der Waals surface area contributed by atoms with E-state index in [1.54, 1.807) is 18.2 Å². The highest BCUT2D eigenvalue weighted by Crippen LogP contribution is 2.31. The largest absolute Gasteiger partial charge is 0.488 e. The van der Waals surface area contributed by atoms with Crippen molar-refractivity contribution in [3.63, 3.8) is 0 Å². The first kappa shape index (κ1) is 9.34. The van der Waals surface area contributed by atoms with Crippen LogP contribution >= 0.6 is 11.6 Å². The molecule has 0 saturated heterocycles. The van der Waals surface area contributed by atoms with Gasteiger partial charge in [-0.2, -0.15) is 0 Å². The summed E-state index contributed by atoms with van der Waals surface area (Å²) < 4.78 is 5.54. The quantitative estimate of drug-likeness (QED) is 0.716. The van der Waals surface area contributed by atoms with Gasteiger partial charge in [0.05, 0.1) is 12.1 Å². The summed E-state index contributed by atoms with van der Waals surface area (Å²) in [7, 11) is 0. The van der Waals surface area contributed by atoms with Crippen molar-refractivity contribution < 1.29 is 9.53 Å². The summed E-state index contributed by atoms with van der Waals surface area (Å²) in [6.07, 6.45) is 0.251. The van der Waals surface area contributed by atoms with Gasteiger partial charge in [0.15, 0.2) is 0 Å². The van der Waals surface area contributed by atoms with E-state index in [0.717, 1.165) is 0 Å². The van der Waals surface area contributed by atoms with Gasteiger partial charge in [-0.3, -0.25) is 4.79 Å². The minimum absolute atomic E-state index is 0.0291. The highest BCUT2D eigenvalue weighted by atomic mass is 35.5. The number of anilines is 1. The van der Waals surface area contributed by atoms with Crippen LogP contribution in [0, 0.1) is 0 Å². The Hall–Kier alpha value is -1.22. The monoisotopic (exact) mass is 211 g/mol. The number of nitrogens with one attached hydrogen (secondary N) is 1. The van der Waals surface area contributed by atoms with Crippen molar-refractivity contribution in [1.29, 1.82) is 0 Å². The van der Waals surface area contributed by atoms with E-state index >= 15 is 0 Å². The molecule has 1 aliphatic rings. The number of benzene rings is 1. The zero-order valence-corrected chi connectivity index (χ0v) is 8.47. The second kappa shape index (κ2) is 3.50. The van der Waals surface area contributed by atoms with E-state index < -0.39 is 0 Å². The summed E-state index contributed by atoms with van der Waals surface area (Å²) >= 11 is 5.82. The summed E-state index contributed by atoms with van der Waals surface area (Å²) in [6.45, 7) is 1.86. The molecule has 2 rings (SSSR count). The van der Waals surface area contributed by atoms with E-state index in [-0.39, 0.29) is 12.0 Å². The molecule has 3 nitrogen and oxygen atoms in total. The smallest absolute Gasteiger partial charge is 0.228 e. The Labute approximate surface area is 87.0 Å². The van der Waals surface area contributed by atoms with Crippen LogP contribution in [-0.4, -0.2) is 12.0 Å². The third kappa shape index (κ3) is 1.82. The number of rotatable bonds is 0. The molecule has 0 fully saturated rings. The normalized spacial score (nSPS) is 20.4. The summed E-state index contributed by atoms with van der Waals surface area (Å²) in [5, 5.41) is 3.36. The fourth-order valence-corrected chi connectivity index (χ4v) is 1.58.